The van der Waals surface area contributed by atoms with Crippen molar-refractivity contribution in [2.75, 3.05) is 111 Å². The Balaban J connectivity index is -0.000000322. The summed E-state index contributed by atoms with van der Waals surface area (Å²) < 4.78 is 168. The van der Waals surface area contributed by atoms with E-state index in [0.717, 1.165) is 11.3 Å². The van der Waals surface area contributed by atoms with Crippen molar-refractivity contribution in [2.24, 2.45) is 0 Å². The number of hydrogen-bond donors (Lipinski definition) is 0. The van der Waals surface area contributed by atoms with Gasteiger partial charge in [-0.15, -0.1) is 0 Å². The molecule has 0 bridgehead atoms. The predicted octanol–water partition coefficient (Wildman–Crippen LogP) is 10.7. The molecular formula is C56H82Cl3NO25S11. The third-order valence-corrected chi connectivity index (χ3v) is 14.2. The molecule has 548 valence electrons. The molecule has 6 aromatic carbocycles. The third kappa shape index (κ3) is 69.5. The molecule has 0 amide bonds. The van der Waals surface area contributed by atoms with Crippen molar-refractivity contribution in [3.05, 3.63) is 176 Å². The van der Waals surface area contributed by atoms with Gasteiger partial charge in [-0.2, -0.15) is 0 Å². The van der Waals surface area contributed by atoms with Gasteiger partial charge in [0.15, 0.2) is 61.2 Å². The maximum Gasteiger partial charge on any atom is 0.269 e. The smallest absolute Gasteiger partial charge is 0.269 e. The van der Waals surface area contributed by atoms with Gasteiger partial charge in [0.1, 0.15) is 34.5 Å². The van der Waals surface area contributed by atoms with E-state index in [1.54, 1.807) is 92.9 Å². The molecule has 6 aromatic rings. The molecule has 0 saturated heterocycles. The molecule has 40 heteroatoms. The molecule has 0 aliphatic heterocycles. The first-order valence-corrected chi connectivity index (χ1v) is 43.1. The van der Waals surface area contributed by atoms with Gasteiger partial charge >= 0.3 is 0 Å². The standard InChI is InChI=1S/C8H10O3S.2C8H10O2S.C7H6Cl2O2S.C7H7ClO2S.C7H7NO4S.C3H8O2S.4C2H6O2S/c1-10-7-3-5-8(6-4-7)11-12(2)9;1-7-3-5-8(6-4-7)10-11(2)9;1-7-5-3-4-6-8(7)10-11(2)9;1-12(10)11-7-3-2-5(8)4-6(7)9;1-11(9)10-7-4-2-6(8)3-5-7;1-13(11)12-7-4-2-6(3-5-7)8(9)10;1-3-5-6(2)4;4*1-4-5(2)3/h3-6H,1-2H3;2*3-6H,1-2H3;2-4H,1H3;2-5H,1H3;2-5H,1H3;3H2,1-2H3;4*1-2H3. The van der Waals surface area contributed by atoms with E-state index >= 15 is 0 Å². The molecular weight excluding hydrogens is 1550 g/mol. The first kappa shape index (κ1) is 100. The van der Waals surface area contributed by atoms with Gasteiger partial charge in [0, 0.05) is 91.0 Å². The lowest BCUT2D eigenvalue weighted by Gasteiger charge is -2.02. The number of aryl methyl sites for hydroxylation is 2. The summed E-state index contributed by atoms with van der Waals surface area (Å²) in [5.74, 6) is 3.97. The van der Waals surface area contributed by atoms with Crippen molar-refractivity contribution in [3.8, 4) is 40.2 Å². The van der Waals surface area contributed by atoms with Crippen LogP contribution in [0.1, 0.15) is 18.1 Å². The molecule has 11 unspecified atom stereocenters. The number of para-hydroxylation sites is 1. The zero-order valence-electron chi connectivity index (χ0n) is 55.8. The predicted molar refractivity (Wildman–Crippen MR) is 395 cm³/mol. The number of rotatable bonds is 20. The maximum absolute atomic E-state index is 10.7. The first-order valence-electron chi connectivity index (χ1n) is 25.6. The summed E-state index contributed by atoms with van der Waals surface area (Å²) >= 11 is 3.88. The average molecular weight is 1630 g/mol. The quantitative estimate of drug-likeness (QED) is 0.0506. The molecule has 0 aliphatic rings. The van der Waals surface area contributed by atoms with Crippen LogP contribution in [0.4, 0.5) is 5.69 Å². The molecule has 0 aromatic heterocycles. The Bertz CT molecular complexity index is 3220. The maximum atomic E-state index is 10.7. The highest BCUT2D eigenvalue weighted by Crippen LogP contribution is 2.28. The van der Waals surface area contributed by atoms with E-state index in [0.29, 0.717) is 56.2 Å². The first-order chi connectivity index (χ1) is 44.8. The van der Waals surface area contributed by atoms with Gasteiger partial charge in [-0.05, 0) is 123 Å². The number of halogens is 3. The van der Waals surface area contributed by atoms with E-state index in [9.17, 15) is 56.4 Å². The summed E-state index contributed by atoms with van der Waals surface area (Å²) in [6.07, 6.45) is 16.1. The SMILES string of the molecule is CCOS(C)=O.COS(C)=O.COS(C)=O.COS(C)=O.COS(C)=O.COc1ccc(OS(C)=O)cc1.CS(=O)Oc1ccc(Cl)cc1.CS(=O)Oc1ccc(Cl)cc1Cl.CS(=O)Oc1ccc([N+](=O)[O-])cc1.Cc1ccc(OS(C)=O)cc1.Cc1ccccc1OS(C)=O. The Labute approximate surface area is 606 Å². The van der Waals surface area contributed by atoms with Gasteiger partial charge < -0.3 is 29.8 Å². The Kier molecular flexibility index (Phi) is 66.9. The van der Waals surface area contributed by atoms with Gasteiger partial charge in [0.05, 0.1) is 52.1 Å². The summed E-state index contributed by atoms with van der Waals surface area (Å²) in [5.41, 5.74) is 2.15. The van der Waals surface area contributed by atoms with Crippen molar-refractivity contribution < 1.29 is 102 Å². The largest absolute Gasteiger partial charge is 0.497 e. The fourth-order valence-corrected chi connectivity index (χ4v) is 7.81. The van der Waals surface area contributed by atoms with Crippen LogP contribution < -0.4 is 29.8 Å². The average Bonchev–Trinajstić information content (AvgIpc) is 1.39. The van der Waals surface area contributed by atoms with Crippen LogP contribution in [0, 0.1) is 24.0 Å². The van der Waals surface area contributed by atoms with Crippen LogP contribution in [0.2, 0.25) is 15.1 Å². The van der Waals surface area contributed by atoms with E-state index in [2.05, 4.69) is 20.9 Å². The third-order valence-electron chi connectivity index (χ3n) is 8.42. The van der Waals surface area contributed by atoms with Gasteiger partial charge in [-0.25, -0.2) is 46.3 Å². The van der Waals surface area contributed by atoms with Crippen LogP contribution >= 0.6 is 34.8 Å². The molecule has 26 nitrogen and oxygen atoms in total. The number of hydrogen-bond acceptors (Lipinski definition) is 25. The second-order valence-electron chi connectivity index (χ2n) is 16.0. The van der Waals surface area contributed by atoms with Gasteiger partial charge in [-0.1, -0.05) is 70.7 Å². The van der Waals surface area contributed by atoms with Crippen molar-refractivity contribution in [1.29, 1.82) is 0 Å². The minimum atomic E-state index is -1.40. The summed E-state index contributed by atoms with van der Waals surface area (Å²) in [4.78, 5) is 9.73. The second-order valence-corrected chi connectivity index (χ2v) is 28.7. The number of nitro benzene ring substituents is 1. The molecule has 0 saturated carbocycles. The molecule has 0 aliphatic carbocycles. The van der Waals surface area contributed by atoms with E-state index in [1.165, 1.54) is 133 Å². The Morgan fingerprint density at radius 2 is 0.656 bits per heavy atom. The fourth-order valence-electron chi connectivity index (χ4n) is 4.49. The molecule has 6 rings (SSSR count). The highest BCUT2D eigenvalue weighted by atomic mass is 35.5. The van der Waals surface area contributed by atoms with E-state index in [1.807, 2.05) is 44.2 Å². The van der Waals surface area contributed by atoms with Crippen LogP contribution in [0.25, 0.3) is 0 Å². The fraction of sp³-hybridized carbons (Fsp3) is 0.357. The van der Waals surface area contributed by atoms with Crippen molar-refractivity contribution in [1.82, 2.24) is 0 Å². The molecule has 0 N–H and O–H groups in total. The Morgan fingerprint density at radius 3 is 0.927 bits per heavy atom. The molecule has 0 radical (unpaired) electrons. The number of nitro groups is 1. The topological polar surface area (TPSA) is 342 Å². The molecule has 0 fully saturated rings. The minimum absolute atomic E-state index is 0.0192. The number of non-ortho nitro benzene ring substituents is 1. The zero-order chi connectivity index (χ0) is 74.9. The van der Waals surface area contributed by atoms with Crippen LogP contribution in [0.15, 0.2) is 140 Å². The lowest BCUT2D eigenvalue weighted by atomic mass is 10.2. The Hall–Kier alpha value is -4.36. The zero-order valence-corrected chi connectivity index (χ0v) is 67.0. The second kappa shape index (κ2) is 64.0. The van der Waals surface area contributed by atoms with E-state index in [-0.39, 0.29) is 5.69 Å². The summed E-state index contributed by atoms with van der Waals surface area (Å²) in [5, 5.41) is 11.8. The highest BCUT2D eigenvalue weighted by molar-refractivity contribution is 7.81. The molecule has 96 heavy (non-hydrogen) atoms. The monoisotopic (exact) mass is 1630 g/mol. The number of methoxy groups -OCH3 is 1. The summed E-state index contributed by atoms with van der Waals surface area (Å²) in [6.45, 7) is 6.25. The van der Waals surface area contributed by atoms with Gasteiger partial charge in [0.2, 0.25) is 66.5 Å². The minimum Gasteiger partial charge on any atom is -0.497 e. The molecule has 0 spiro atoms. The van der Waals surface area contributed by atoms with Crippen LogP contribution in [-0.2, 0) is 143 Å². The number of benzene rings is 6. The Morgan fingerprint density at radius 1 is 0.365 bits per heavy atom. The number of nitrogens with zero attached hydrogens (tertiary/aromatic N) is 1. The van der Waals surface area contributed by atoms with Crippen molar-refractivity contribution in [3.63, 3.8) is 0 Å². The van der Waals surface area contributed by atoms with Crippen molar-refractivity contribution >= 4 is 162 Å². The van der Waals surface area contributed by atoms with Crippen molar-refractivity contribution in [2.45, 2.75) is 20.8 Å². The lowest BCUT2D eigenvalue weighted by molar-refractivity contribution is -0.384. The lowest BCUT2D eigenvalue weighted by Crippen LogP contribution is -1.97. The summed E-state index contributed by atoms with van der Waals surface area (Å²) in [7, 11) is 7.19. The van der Waals surface area contributed by atoms with Gasteiger partial charge in [0.25, 0.3) is 5.69 Å². The van der Waals surface area contributed by atoms with Crippen LogP contribution in [-0.4, -0.2) is 162 Å². The van der Waals surface area contributed by atoms with E-state index < -0.39 is 127 Å². The molecule has 11 atom stereocenters. The van der Waals surface area contributed by atoms with Crippen LogP contribution in [0.5, 0.6) is 40.2 Å². The summed E-state index contributed by atoms with van der Waals surface area (Å²) in [6, 6.07) is 38.7. The van der Waals surface area contributed by atoms with Gasteiger partial charge in [-0.3, -0.25) is 31.0 Å². The van der Waals surface area contributed by atoms with Crippen LogP contribution in [0.3, 0.4) is 0 Å². The van der Waals surface area contributed by atoms with E-state index in [4.69, 9.17) is 64.6 Å². The highest BCUT2D eigenvalue weighted by Gasteiger charge is 2.06. The number of ether oxygens (including phenoxy) is 1. The molecule has 0 heterocycles. The normalized spacial score (nSPS) is 13.0.